The fourth-order valence-corrected chi connectivity index (χ4v) is 6.30. The first-order valence-electron chi connectivity index (χ1n) is 11.9. The van der Waals surface area contributed by atoms with Gasteiger partial charge in [-0.1, -0.05) is 12.5 Å². The molecule has 2 aromatic carbocycles. The summed E-state index contributed by atoms with van der Waals surface area (Å²) in [5, 5.41) is 3.28. The number of hydrogen-bond donors (Lipinski definition) is 1. The fraction of sp³-hybridized carbons (Fsp3) is 0.400. The third-order valence-electron chi connectivity index (χ3n) is 6.61. The van der Waals surface area contributed by atoms with Crippen LogP contribution in [0.1, 0.15) is 41.0 Å². The van der Waals surface area contributed by atoms with E-state index in [4.69, 9.17) is 4.74 Å². The number of nitrogens with one attached hydrogen (secondary N) is 1. The normalized spacial score (nSPS) is 17.1. The molecule has 1 aromatic heterocycles. The van der Waals surface area contributed by atoms with Crippen LogP contribution in [0.5, 0.6) is 0 Å². The predicted octanol–water partition coefficient (Wildman–Crippen LogP) is 2.70. The van der Waals surface area contributed by atoms with Gasteiger partial charge in [0.25, 0.3) is 11.5 Å². The average molecular weight is 497 g/mol. The van der Waals surface area contributed by atoms with Crippen molar-refractivity contribution in [2.45, 2.75) is 44.0 Å². The van der Waals surface area contributed by atoms with Crippen molar-refractivity contribution in [1.82, 2.24) is 13.9 Å². The first kappa shape index (κ1) is 23.7. The van der Waals surface area contributed by atoms with Gasteiger partial charge in [0.15, 0.2) is 0 Å². The van der Waals surface area contributed by atoms with Crippen LogP contribution in [0.15, 0.2) is 46.1 Å². The lowest BCUT2D eigenvalue weighted by molar-refractivity contribution is 0.0730. The summed E-state index contributed by atoms with van der Waals surface area (Å²) in [6.45, 7) is 3.71. The average Bonchev–Trinajstić information content (AvgIpc) is 3.11. The van der Waals surface area contributed by atoms with Crippen LogP contribution in [0.3, 0.4) is 0 Å². The van der Waals surface area contributed by atoms with Gasteiger partial charge in [-0.25, -0.2) is 13.4 Å². The zero-order valence-electron chi connectivity index (χ0n) is 19.6. The maximum atomic E-state index is 13.2. The van der Waals surface area contributed by atoms with Gasteiger partial charge in [0.2, 0.25) is 10.0 Å². The Kier molecular flexibility index (Phi) is 6.43. The van der Waals surface area contributed by atoms with E-state index in [2.05, 4.69) is 10.3 Å². The quantitative estimate of drug-likeness (QED) is 0.595. The molecule has 9 nitrogen and oxygen atoms in total. The molecule has 1 fully saturated rings. The van der Waals surface area contributed by atoms with Crippen LogP contribution in [0.4, 0.5) is 5.69 Å². The second kappa shape index (κ2) is 9.52. The number of amides is 1. The minimum absolute atomic E-state index is 0.0737. The number of sulfonamides is 1. The Morgan fingerprint density at radius 1 is 1.03 bits per heavy atom. The second-order valence-electron chi connectivity index (χ2n) is 8.98. The minimum atomic E-state index is -3.71. The molecule has 35 heavy (non-hydrogen) atoms. The van der Waals surface area contributed by atoms with Gasteiger partial charge in [-0.15, -0.1) is 0 Å². The number of carbonyl (C=O) groups is 1. The predicted molar refractivity (Wildman–Crippen MR) is 132 cm³/mol. The fourth-order valence-electron chi connectivity index (χ4n) is 4.64. The van der Waals surface area contributed by atoms with Crippen molar-refractivity contribution in [1.29, 1.82) is 0 Å². The van der Waals surface area contributed by atoms with Gasteiger partial charge >= 0.3 is 0 Å². The maximum absolute atomic E-state index is 13.2. The lowest BCUT2D eigenvalue weighted by atomic mass is 10.1. The topological polar surface area (TPSA) is 111 Å². The van der Waals surface area contributed by atoms with Crippen LogP contribution in [0.2, 0.25) is 0 Å². The summed E-state index contributed by atoms with van der Waals surface area (Å²) in [6, 6.07) is 9.71. The van der Waals surface area contributed by atoms with Crippen molar-refractivity contribution in [3.63, 3.8) is 0 Å². The number of anilines is 1. The van der Waals surface area contributed by atoms with Gasteiger partial charge in [-0.2, -0.15) is 4.31 Å². The standard InChI is InChI=1S/C25H28N4O5S/c1-17-6-8-19(16-22(17)35(32,33)28-11-13-34-14-12-28)26-24(30)18-7-9-20-21(15-18)27-23-5-3-2-4-10-29(23)25(20)31/h6-9,15-16H,2-5,10-14H2,1H3,(H,26,30). The molecule has 3 aromatic rings. The van der Waals surface area contributed by atoms with Gasteiger partial charge in [-0.05, 0) is 55.7 Å². The minimum Gasteiger partial charge on any atom is -0.379 e. The molecular formula is C25H28N4O5S. The molecule has 184 valence electrons. The van der Waals surface area contributed by atoms with Crippen molar-refractivity contribution < 1.29 is 17.9 Å². The van der Waals surface area contributed by atoms with Gasteiger partial charge in [-0.3, -0.25) is 14.2 Å². The Balaban J connectivity index is 1.43. The van der Waals surface area contributed by atoms with E-state index in [0.717, 1.165) is 31.5 Å². The molecule has 3 heterocycles. The highest BCUT2D eigenvalue weighted by Gasteiger charge is 2.28. The Bertz CT molecular complexity index is 1460. The van der Waals surface area contributed by atoms with Crippen LogP contribution in [0.25, 0.3) is 10.9 Å². The van der Waals surface area contributed by atoms with Crippen LogP contribution in [-0.4, -0.2) is 54.5 Å². The van der Waals surface area contributed by atoms with E-state index in [1.807, 2.05) is 0 Å². The van der Waals surface area contributed by atoms with Crippen LogP contribution < -0.4 is 10.9 Å². The Hall–Kier alpha value is -3.08. The molecule has 10 heteroatoms. The summed E-state index contributed by atoms with van der Waals surface area (Å²) < 4.78 is 34.7. The first-order valence-corrected chi connectivity index (χ1v) is 13.3. The largest absolute Gasteiger partial charge is 0.379 e. The molecule has 0 saturated carbocycles. The molecule has 0 spiro atoms. The number of aromatic nitrogens is 2. The van der Waals surface area contributed by atoms with E-state index in [9.17, 15) is 18.0 Å². The lowest BCUT2D eigenvalue weighted by Crippen LogP contribution is -2.40. The van der Waals surface area contributed by atoms with Crippen molar-refractivity contribution in [2.24, 2.45) is 0 Å². The number of nitrogens with zero attached hydrogens (tertiary/aromatic N) is 3. The number of rotatable bonds is 4. The molecule has 0 radical (unpaired) electrons. The van der Waals surface area contributed by atoms with Gasteiger partial charge in [0.05, 0.1) is 29.0 Å². The monoisotopic (exact) mass is 496 g/mol. The molecule has 2 aliphatic rings. The van der Waals surface area contributed by atoms with E-state index in [1.54, 1.807) is 41.8 Å². The molecule has 1 amide bonds. The lowest BCUT2D eigenvalue weighted by Gasteiger charge is -2.26. The third-order valence-corrected chi connectivity index (χ3v) is 8.65. The van der Waals surface area contributed by atoms with E-state index < -0.39 is 15.9 Å². The van der Waals surface area contributed by atoms with Crippen molar-refractivity contribution in [2.75, 3.05) is 31.6 Å². The second-order valence-corrected chi connectivity index (χ2v) is 10.9. The number of benzene rings is 2. The van der Waals surface area contributed by atoms with E-state index in [0.29, 0.717) is 60.6 Å². The molecule has 1 saturated heterocycles. The smallest absolute Gasteiger partial charge is 0.261 e. The van der Waals surface area contributed by atoms with E-state index >= 15 is 0 Å². The van der Waals surface area contributed by atoms with E-state index in [1.165, 1.54) is 10.4 Å². The highest BCUT2D eigenvalue weighted by atomic mass is 32.2. The molecule has 0 unspecified atom stereocenters. The van der Waals surface area contributed by atoms with Crippen molar-refractivity contribution in [3.8, 4) is 0 Å². The maximum Gasteiger partial charge on any atom is 0.261 e. The summed E-state index contributed by atoms with van der Waals surface area (Å²) in [4.78, 5) is 30.8. The number of morpholine rings is 1. The van der Waals surface area contributed by atoms with Crippen LogP contribution in [0, 0.1) is 6.92 Å². The number of fused-ring (bicyclic) bond motifs is 2. The van der Waals surface area contributed by atoms with Crippen LogP contribution >= 0.6 is 0 Å². The van der Waals surface area contributed by atoms with E-state index in [-0.39, 0.29) is 10.5 Å². The molecule has 0 aliphatic carbocycles. The zero-order valence-corrected chi connectivity index (χ0v) is 20.4. The Morgan fingerprint density at radius 2 is 1.83 bits per heavy atom. The van der Waals surface area contributed by atoms with Crippen molar-refractivity contribution in [3.05, 3.63) is 63.7 Å². The number of carbonyl (C=O) groups excluding carboxylic acids is 1. The zero-order chi connectivity index (χ0) is 24.6. The summed E-state index contributed by atoms with van der Waals surface area (Å²) in [7, 11) is -3.71. The number of aryl methyl sites for hydroxylation is 2. The SMILES string of the molecule is Cc1ccc(NC(=O)c2ccc3c(=O)n4c(nc3c2)CCCCC4)cc1S(=O)(=O)N1CCOCC1. The van der Waals surface area contributed by atoms with Gasteiger partial charge < -0.3 is 10.1 Å². The first-order chi connectivity index (χ1) is 16.8. The number of hydrogen-bond acceptors (Lipinski definition) is 6. The highest BCUT2D eigenvalue weighted by molar-refractivity contribution is 7.89. The summed E-state index contributed by atoms with van der Waals surface area (Å²) >= 11 is 0. The summed E-state index contributed by atoms with van der Waals surface area (Å²) in [6.07, 6.45) is 3.75. The van der Waals surface area contributed by atoms with Gasteiger partial charge in [0.1, 0.15) is 5.82 Å². The summed E-state index contributed by atoms with van der Waals surface area (Å²) in [5.74, 6) is 0.358. The Morgan fingerprint density at radius 3 is 2.63 bits per heavy atom. The molecule has 0 bridgehead atoms. The molecular weight excluding hydrogens is 468 g/mol. The van der Waals surface area contributed by atoms with Crippen molar-refractivity contribution >= 4 is 32.5 Å². The summed E-state index contributed by atoms with van der Waals surface area (Å²) in [5.41, 5.74) is 1.75. The molecule has 5 rings (SSSR count). The molecule has 0 atom stereocenters. The molecule has 2 aliphatic heterocycles. The molecule has 1 N–H and O–H groups in total. The Labute approximate surface area is 203 Å². The third kappa shape index (κ3) is 4.61. The van der Waals surface area contributed by atoms with Gasteiger partial charge in [0, 0.05) is 37.3 Å². The highest BCUT2D eigenvalue weighted by Crippen LogP contribution is 2.25. The van der Waals surface area contributed by atoms with Crippen LogP contribution in [-0.2, 0) is 27.7 Å². The number of ether oxygens (including phenoxy) is 1.